The van der Waals surface area contributed by atoms with Crippen LogP contribution in [-0.2, 0) is 0 Å². The van der Waals surface area contributed by atoms with E-state index in [9.17, 15) is 5.11 Å². The fourth-order valence-electron chi connectivity index (χ4n) is 3.72. The van der Waals surface area contributed by atoms with Crippen molar-refractivity contribution in [2.75, 3.05) is 33.2 Å². The van der Waals surface area contributed by atoms with Crippen LogP contribution in [0.15, 0.2) is 35.3 Å². The minimum Gasteiger partial charge on any atom is -0.386 e. The van der Waals surface area contributed by atoms with Crippen molar-refractivity contribution in [3.05, 3.63) is 35.2 Å². The Morgan fingerprint density at radius 1 is 1.31 bits per heavy atom. The van der Waals surface area contributed by atoms with Gasteiger partial charge in [0.2, 0.25) is 0 Å². The second-order valence-corrected chi connectivity index (χ2v) is 8.53. The van der Waals surface area contributed by atoms with E-state index in [2.05, 4.69) is 38.7 Å². The van der Waals surface area contributed by atoms with Gasteiger partial charge in [0.25, 0.3) is 0 Å². The zero-order valence-corrected chi connectivity index (χ0v) is 16.1. The van der Waals surface area contributed by atoms with Gasteiger partial charge in [0.15, 0.2) is 5.96 Å². The van der Waals surface area contributed by atoms with Crippen molar-refractivity contribution in [3.63, 3.8) is 0 Å². The molecule has 140 valence electrons. The number of aliphatic hydroxyl groups excluding tert-OH is 1. The lowest BCUT2D eigenvalue weighted by atomic mass is 10.1. The van der Waals surface area contributed by atoms with E-state index >= 15 is 0 Å². The van der Waals surface area contributed by atoms with E-state index < -0.39 is 6.10 Å². The molecule has 0 bridgehead atoms. The fraction of sp³-hybridized carbons (Fsp3) is 0.550. The van der Waals surface area contributed by atoms with E-state index in [-0.39, 0.29) is 0 Å². The summed E-state index contributed by atoms with van der Waals surface area (Å²) in [5.41, 5.74) is 0. The Bertz CT molecular complexity index is 737. The zero-order chi connectivity index (χ0) is 17.9. The lowest BCUT2D eigenvalue weighted by Crippen LogP contribution is -2.41. The van der Waals surface area contributed by atoms with Gasteiger partial charge in [-0.05, 0) is 49.2 Å². The molecule has 1 aromatic heterocycles. The lowest BCUT2D eigenvalue weighted by Gasteiger charge is -2.18. The molecule has 2 atom stereocenters. The summed E-state index contributed by atoms with van der Waals surface area (Å²) in [4.78, 5) is 7.92. The third-order valence-electron chi connectivity index (χ3n) is 5.40. The number of hydrogen-bond donors (Lipinski definition) is 3. The molecule has 2 unspecified atom stereocenters. The SMILES string of the molecule is CN=C(NCC1CCN(C2CC2)C1)NCC(O)c1cc2ccccc2s1. The van der Waals surface area contributed by atoms with Gasteiger partial charge in [-0.1, -0.05) is 18.2 Å². The van der Waals surface area contributed by atoms with Gasteiger partial charge in [-0.25, -0.2) is 0 Å². The van der Waals surface area contributed by atoms with Gasteiger partial charge in [-0.3, -0.25) is 4.99 Å². The number of hydrogen-bond acceptors (Lipinski definition) is 4. The molecule has 4 rings (SSSR count). The van der Waals surface area contributed by atoms with Crippen LogP contribution in [0.2, 0.25) is 0 Å². The maximum Gasteiger partial charge on any atom is 0.191 e. The molecular formula is C20H28N4OS. The lowest BCUT2D eigenvalue weighted by molar-refractivity contribution is 0.184. The van der Waals surface area contributed by atoms with Crippen molar-refractivity contribution in [1.82, 2.24) is 15.5 Å². The molecule has 2 aliphatic rings. The number of aliphatic hydroxyl groups is 1. The summed E-state index contributed by atoms with van der Waals surface area (Å²) >= 11 is 1.65. The van der Waals surface area contributed by atoms with E-state index in [1.54, 1.807) is 18.4 Å². The van der Waals surface area contributed by atoms with E-state index in [0.717, 1.165) is 23.4 Å². The van der Waals surface area contributed by atoms with E-state index in [1.165, 1.54) is 42.4 Å². The molecule has 2 fully saturated rings. The van der Waals surface area contributed by atoms with Crippen LogP contribution >= 0.6 is 11.3 Å². The van der Waals surface area contributed by atoms with Gasteiger partial charge in [-0.15, -0.1) is 11.3 Å². The molecule has 1 aromatic carbocycles. The average Bonchev–Trinajstić information content (AvgIpc) is 3.24. The molecule has 0 amide bonds. The predicted molar refractivity (Wildman–Crippen MR) is 109 cm³/mol. The fourth-order valence-corrected chi connectivity index (χ4v) is 4.77. The Morgan fingerprint density at radius 2 is 2.15 bits per heavy atom. The first-order valence-corrected chi connectivity index (χ1v) is 10.4. The largest absolute Gasteiger partial charge is 0.386 e. The molecule has 1 saturated carbocycles. The summed E-state index contributed by atoms with van der Waals surface area (Å²) in [5.74, 6) is 1.47. The van der Waals surface area contributed by atoms with Crippen LogP contribution in [-0.4, -0.2) is 55.2 Å². The highest BCUT2D eigenvalue weighted by Crippen LogP contribution is 2.31. The van der Waals surface area contributed by atoms with Gasteiger partial charge in [0.1, 0.15) is 6.10 Å². The van der Waals surface area contributed by atoms with Gasteiger partial charge >= 0.3 is 0 Å². The maximum atomic E-state index is 10.5. The molecule has 1 saturated heterocycles. The van der Waals surface area contributed by atoms with Crippen molar-refractivity contribution in [2.45, 2.75) is 31.4 Å². The Balaban J connectivity index is 1.24. The summed E-state index contributed by atoms with van der Waals surface area (Å²) in [5, 5.41) is 18.4. The summed E-state index contributed by atoms with van der Waals surface area (Å²) in [7, 11) is 1.78. The van der Waals surface area contributed by atoms with Crippen molar-refractivity contribution in [3.8, 4) is 0 Å². The van der Waals surface area contributed by atoms with Gasteiger partial charge in [0.05, 0.1) is 0 Å². The average molecular weight is 373 g/mol. The molecule has 1 aliphatic heterocycles. The molecule has 1 aliphatic carbocycles. The van der Waals surface area contributed by atoms with Crippen molar-refractivity contribution in [1.29, 1.82) is 0 Å². The first-order valence-electron chi connectivity index (χ1n) is 9.58. The molecule has 6 heteroatoms. The number of rotatable bonds is 6. The Kier molecular flexibility index (Phi) is 5.43. The standard InChI is InChI=1S/C20H28N4OS/c1-21-20(22-11-14-8-9-24(13-14)16-6-7-16)23-12-17(25)19-10-15-4-2-3-5-18(15)26-19/h2-5,10,14,16-17,25H,6-9,11-13H2,1H3,(H2,21,22,23). The quantitative estimate of drug-likeness (QED) is 0.539. The third-order valence-corrected chi connectivity index (χ3v) is 6.62. The third kappa shape index (κ3) is 4.19. The number of likely N-dealkylation sites (tertiary alicyclic amines) is 1. The van der Waals surface area contributed by atoms with Crippen LogP contribution in [0.4, 0.5) is 0 Å². The Hall–Kier alpha value is -1.63. The van der Waals surface area contributed by atoms with E-state index in [4.69, 9.17) is 0 Å². The van der Waals surface area contributed by atoms with E-state index in [1.807, 2.05) is 12.1 Å². The minimum absolute atomic E-state index is 0.464. The molecule has 5 nitrogen and oxygen atoms in total. The molecular weight excluding hydrogens is 344 g/mol. The highest BCUT2D eigenvalue weighted by molar-refractivity contribution is 7.19. The van der Waals surface area contributed by atoms with Gasteiger partial charge in [-0.2, -0.15) is 0 Å². The van der Waals surface area contributed by atoms with Crippen molar-refractivity contribution >= 4 is 27.4 Å². The van der Waals surface area contributed by atoms with Crippen LogP contribution in [0.3, 0.4) is 0 Å². The van der Waals surface area contributed by atoms with Gasteiger partial charge < -0.3 is 20.6 Å². The Labute approximate surface area is 159 Å². The highest BCUT2D eigenvalue weighted by atomic mass is 32.1. The van der Waals surface area contributed by atoms with Crippen LogP contribution in [0.1, 0.15) is 30.2 Å². The minimum atomic E-state index is -0.525. The second kappa shape index (κ2) is 7.94. The van der Waals surface area contributed by atoms with Crippen LogP contribution < -0.4 is 10.6 Å². The number of fused-ring (bicyclic) bond motifs is 1. The van der Waals surface area contributed by atoms with Crippen molar-refractivity contribution in [2.24, 2.45) is 10.9 Å². The topological polar surface area (TPSA) is 59.9 Å². The Morgan fingerprint density at radius 3 is 2.92 bits per heavy atom. The summed E-state index contributed by atoms with van der Waals surface area (Å²) in [6.07, 6.45) is 3.52. The molecule has 2 heterocycles. The molecule has 26 heavy (non-hydrogen) atoms. The number of nitrogens with zero attached hydrogens (tertiary/aromatic N) is 2. The molecule has 2 aromatic rings. The number of benzene rings is 1. The predicted octanol–water partition coefficient (Wildman–Crippen LogP) is 2.58. The number of guanidine groups is 1. The molecule has 3 N–H and O–H groups in total. The zero-order valence-electron chi connectivity index (χ0n) is 15.3. The summed E-state index contributed by atoms with van der Waals surface area (Å²) < 4.78 is 1.21. The molecule has 0 spiro atoms. The number of thiophene rings is 1. The van der Waals surface area contributed by atoms with Crippen LogP contribution in [0, 0.1) is 5.92 Å². The smallest absolute Gasteiger partial charge is 0.191 e. The first-order chi connectivity index (χ1) is 12.7. The monoisotopic (exact) mass is 372 g/mol. The van der Waals surface area contributed by atoms with Crippen molar-refractivity contribution < 1.29 is 5.11 Å². The number of nitrogens with one attached hydrogen (secondary N) is 2. The second-order valence-electron chi connectivity index (χ2n) is 7.42. The van der Waals surface area contributed by atoms with E-state index in [0.29, 0.717) is 12.5 Å². The molecule has 0 radical (unpaired) electrons. The van der Waals surface area contributed by atoms with Crippen LogP contribution in [0.5, 0.6) is 0 Å². The van der Waals surface area contributed by atoms with Gasteiger partial charge in [0, 0.05) is 42.3 Å². The number of aliphatic imine (C=N–C) groups is 1. The summed E-state index contributed by atoms with van der Waals surface area (Å²) in [6.45, 7) is 3.86. The summed E-state index contributed by atoms with van der Waals surface area (Å²) in [6, 6.07) is 11.2. The van der Waals surface area contributed by atoms with Crippen LogP contribution in [0.25, 0.3) is 10.1 Å². The normalized spacial score (nSPS) is 22.7. The maximum absolute atomic E-state index is 10.5. The highest BCUT2D eigenvalue weighted by Gasteiger charge is 2.34. The first kappa shape index (κ1) is 17.8.